The Bertz CT molecular complexity index is 754. The van der Waals surface area contributed by atoms with Gasteiger partial charge in [0.15, 0.2) is 11.8 Å². The van der Waals surface area contributed by atoms with Crippen LogP contribution in [0.1, 0.15) is 29.2 Å². The first kappa shape index (κ1) is 18.8. The number of hydrogen-bond acceptors (Lipinski definition) is 4. The fourth-order valence-corrected chi connectivity index (χ4v) is 3.53. The highest BCUT2D eigenvalue weighted by molar-refractivity contribution is 7.98. The highest BCUT2D eigenvalue weighted by Gasteiger charge is 2.19. The van der Waals surface area contributed by atoms with E-state index in [1.165, 1.54) is 11.1 Å². The van der Waals surface area contributed by atoms with Crippen LogP contribution in [0.15, 0.2) is 29.3 Å². The minimum Gasteiger partial charge on any atom is -0.356 e. The molecule has 1 aliphatic rings. The van der Waals surface area contributed by atoms with Crippen molar-refractivity contribution in [1.29, 1.82) is 0 Å². The molecule has 3 rings (SSSR count). The van der Waals surface area contributed by atoms with Crippen molar-refractivity contribution in [3.05, 3.63) is 47.0 Å². The molecular weight excluding hydrogens is 344 g/mol. The predicted molar refractivity (Wildman–Crippen MR) is 108 cm³/mol. The molecule has 26 heavy (non-hydrogen) atoms. The Labute approximate surface area is 160 Å². The van der Waals surface area contributed by atoms with E-state index in [1.54, 1.807) is 0 Å². The first-order chi connectivity index (χ1) is 12.7. The van der Waals surface area contributed by atoms with Gasteiger partial charge in [-0.05, 0) is 42.9 Å². The molecule has 0 atom stereocenters. The SMILES string of the molecule is CSCCCNC(=NCc1nnc(C)n1C)N1CCc2ccccc2C1. The summed E-state index contributed by atoms with van der Waals surface area (Å²) in [6.07, 6.45) is 4.34. The van der Waals surface area contributed by atoms with Gasteiger partial charge in [0.1, 0.15) is 12.4 Å². The normalized spacial score (nSPS) is 14.4. The number of aliphatic imine (C=N–C) groups is 1. The second-order valence-electron chi connectivity index (χ2n) is 6.58. The number of nitrogens with one attached hydrogen (secondary N) is 1. The molecule has 0 fully saturated rings. The van der Waals surface area contributed by atoms with E-state index < -0.39 is 0 Å². The van der Waals surface area contributed by atoms with E-state index in [0.29, 0.717) is 6.54 Å². The molecule has 0 saturated heterocycles. The fraction of sp³-hybridized carbons (Fsp3) is 0.526. The van der Waals surface area contributed by atoms with Gasteiger partial charge in [0.05, 0.1) is 0 Å². The Morgan fingerprint density at radius 2 is 2.08 bits per heavy atom. The van der Waals surface area contributed by atoms with Gasteiger partial charge in [0.25, 0.3) is 0 Å². The number of nitrogens with zero attached hydrogens (tertiary/aromatic N) is 5. The molecule has 2 heterocycles. The number of fused-ring (bicyclic) bond motifs is 1. The number of guanidine groups is 1. The van der Waals surface area contributed by atoms with Crippen LogP contribution in [0.4, 0.5) is 0 Å². The van der Waals surface area contributed by atoms with Crippen molar-refractivity contribution in [3.8, 4) is 0 Å². The highest BCUT2D eigenvalue weighted by Crippen LogP contribution is 2.18. The number of aryl methyl sites for hydroxylation is 1. The molecule has 1 aromatic carbocycles. The van der Waals surface area contributed by atoms with Gasteiger partial charge >= 0.3 is 0 Å². The number of benzene rings is 1. The van der Waals surface area contributed by atoms with E-state index in [0.717, 1.165) is 55.8 Å². The minimum absolute atomic E-state index is 0.542. The zero-order valence-corrected chi connectivity index (χ0v) is 16.7. The minimum atomic E-state index is 0.542. The lowest BCUT2D eigenvalue weighted by atomic mass is 10.0. The Hall–Kier alpha value is -2.02. The van der Waals surface area contributed by atoms with Crippen molar-refractivity contribution in [2.75, 3.05) is 25.1 Å². The highest BCUT2D eigenvalue weighted by atomic mass is 32.2. The van der Waals surface area contributed by atoms with Crippen molar-refractivity contribution in [3.63, 3.8) is 0 Å². The standard InChI is InChI=1S/C19H28N6S/c1-15-22-23-18(24(15)2)13-21-19(20-10-6-12-26-3)25-11-9-16-7-4-5-8-17(16)14-25/h4-5,7-8H,6,9-14H2,1-3H3,(H,20,21). The quantitative estimate of drug-likeness (QED) is 0.479. The van der Waals surface area contributed by atoms with Gasteiger partial charge < -0.3 is 14.8 Å². The summed E-state index contributed by atoms with van der Waals surface area (Å²) in [7, 11) is 1.99. The van der Waals surface area contributed by atoms with Crippen molar-refractivity contribution >= 4 is 17.7 Å². The van der Waals surface area contributed by atoms with E-state index in [4.69, 9.17) is 4.99 Å². The van der Waals surface area contributed by atoms with Crippen LogP contribution in [-0.4, -0.2) is 50.7 Å². The number of rotatable bonds is 6. The molecule has 0 bridgehead atoms. The molecule has 6 nitrogen and oxygen atoms in total. The Morgan fingerprint density at radius 1 is 1.27 bits per heavy atom. The summed E-state index contributed by atoms with van der Waals surface area (Å²) in [5.41, 5.74) is 2.85. The van der Waals surface area contributed by atoms with E-state index in [9.17, 15) is 0 Å². The topological polar surface area (TPSA) is 58.3 Å². The molecular formula is C19H28N6S. The first-order valence-electron chi connectivity index (χ1n) is 9.13. The van der Waals surface area contributed by atoms with Crippen molar-refractivity contribution in [2.24, 2.45) is 12.0 Å². The Morgan fingerprint density at radius 3 is 2.81 bits per heavy atom. The Kier molecular flexibility index (Phi) is 6.55. The third-order valence-electron chi connectivity index (χ3n) is 4.79. The number of aromatic nitrogens is 3. The summed E-state index contributed by atoms with van der Waals surface area (Å²) < 4.78 is 2.00. The molecule has 0 unspecified atom stereocenters. The lowest BCUT2D eigenvalue weighted by Gasteiger charge is -2.32. The van der Waals surface area contributed by atoms with E-state index in [-0.39, 0.29) is 0 Å². The monoisotopic (exact) mass is 372 g/mol. The Balaban J connectivity index is 1.72. The number of thioether (sulfide) groups is 1. The molecule has 7 heteroatoms. The van der Waals surface area contributed by atoms with Crippen LogP contribution < -0.4 is 5.32 Å². The van der Waals surface area contributed by atoms with Gasteiger partial charge in [-0.25, -0.2) is 4.99 Å². The second kappa shape index (κ2) is 9.07. The van der Waals surface area contributed by atoms with Crippen molar-refractivity contribution < 1.29 is 0 Å². The van der Waals surface area contributed by atoms with Gasteiger partial charge in [0, 0.05) is 26.7 Å². The van der Waals surface area contributed by atoms with E-state index >= 15 is 0 Å². The molecule has 0 aliphatic carbocycles. The van der Waals surface area contributed by atoms with Gasteiger partial charge in [0.2, 0.25) is 0 Å². The van der Waals surface area contributed by atoms with Crippen molar-refractivity contribution in [1.82, 2.24) is 25.0 Å². The smallest absolute Gasteiger partial charge is 0.194 e. The van der Waals surface area contributed by atoms with Crippen LogP contribution in [0.2, 0.25) is 0 Å². The molecule has 1 N–H and O–H groups in total. The van der Waals surface area contributed by atoms with Gasteiger partial charge in [-0.2, -0.15) is 11.8 Å². The molecule has 1 aromatic heterocycles. The largest absolute Gasteiger partial charge is 0.356 e. The lowest BCUT2D eigenvalue weighted by molar-refractivity contribution is 0.377. The van der Waals surface area contributed by atoms with Crippen LogP contribution in [-0.2, 0) is 26.6 Å². The zero-order chi connectivity index (χ0) is 18.4. The molecule has 140 valence electrons. The molecule has 0 amide bonds. The molecule has 2 aromatic rings. The molecule has 0 saturated carbocycles. The first-order valence-corrected chi connectivity index (χ1v) is 10.5. The van der Waals surface area contributed by atoms with E-state index in [2.05, 4.69) is 50.9 Å². The van der Waals surface area contributed by atoms with Crippen LogP contribution >= 0.6 is 11.8 Å². The second-order valence-corrected chi connectivity index (χ2v) is 7.56. The molecule has 0 spiro atoms. The van der Waals surface area contributed by atoms with Crippen LogP contribution in [0.5, 0.6) is 0 Å². The van der Waals surface area contributed by atoms with Crippen LogP contribution in [0, 0.1) is 6.92 Å². The molecule has 1 aliphatic heterocycles. The van der Waals surface area contributed by atoms with Gasteiger partial charge in [-0.15, -0.1) is 10.2 Å². The number of hydrogen-bond donors (Lipinski definition) is 1. The summed E-state index contributed by atoms with van der Waals surface area (Å²) >= 11 is 1.88. The summed E-state index contributed by atoms with van der Waals surface area (Å²) in [5.74, 6) is 3.94. The fourth-order valence-electron chi connectivity index (χ4n) is 3.10. The van der Waals surface area contributed by atoms with Crippen LogP contribution in [0.3, 0.4) is 0 Å². The lowest BCUT2D eigenvalue weighted by Crippen LogP contribution is -2.44. The van der Waals surface area contributed by atoms with E-state index in [1.807, 2.05) is 30.3 Å². The van der Waals surface area contributed by atoms with Gasteiger partial charge in [-0.1, -0.05) is 24.3 Å². The molecule has 0 radical (unpaired) electrons. The maximum absolute atomic E-state index is 4.86. The third kappa shape index (κ3) is 4.58. The van der Waals surface area contributed by atoms with Crippen molar-refractivity contribution in [2.45, 2.75) is 32.9 Å². The average Bonchev–Trinajstić information content (AvgIpc) is 2.99. The predicted octanol–water partition coefficient (Wildman–Crippen LogP) is 2.38. The third-order valence-corrected chi connectivity index (χ3v) is 5.49. The summed E-state index contributed by atoms with van der Waals surface area (Å²) in [6, 6.07) is 8.70. The summed E-state index contributed by atoms with van der Waals surface area (Å²) in [5, 5.41) is 11.9. The van der Waals surface area contributed by atoms with Gasteiger partial charge in [-0.3, -0.25) is 0 Å². The average molecular weight is 373 g/mol. The summed E-state index contributed by atoms with van der Waals surface area (Å²) in [4.78, 5) is 7.22. The van der Waals surface area contributed by atoms with Crippen LogP contribution in [0.25, 0.3) is 0 Å². The maximum Gasteiger partial charge on any atom is 0.194 e. The zero-order valence-electron chi connectivity index (χ0n) is 15.9. The maximum atomic E-state index is 4.86. The summed E-state index contributed by atoms with van der Waals surface area (Å²) in [6.45, 7) is 5.34.